The standard InChI is InChI=1S/C7H6BrF6N3O/c1-17-2(5(8)15-16-17)3(18)4(6(9,10)11)7(12,13)14/h3-4,18H,1H3. The molecule has 0 saturated heterocycles. The number of nitrogens with zero attached hydrogens (tertiary/aromatic N) is 3. The highest BCUT2D eigenvalue weighted by Gasteiger charge is 2.61. The first kappa shape index (κ1) is 15.2. The molecule has 1 aromatic heterocycles. The summed E-state index contributed by atoms with van der Waals surface area (Å²) in [6.07, 6.45) is -14.1. The van der Waals surface area contributed by atoms with Crippen molar-refractivity contribution in [3.8, 4) is 0 Å². The number of aryl methyl sites for hydroxylation is 1. The molecule has 1 rings (SSSR count). The topological polar surface area (TPSA) is 50.9 Å². The Morgan fingerprint density at radius 2 is 1.61 bits per heavy atom. The van der Waals surface area contributed by atoms with Crippen LogP contribution < -0.4 is 0 Å². The number of rotatable bonds is 2. The van der Waals surface area contributed by atoms with E-state index in [1.807, 2.05) is 0 Å². The molecule has 1 atom stereocenters. The molecule has 4 nitrogen and oxygen atoms in total. The van der Waals surface area contributed by atoms with Crippen LogP contribution in [0.2, 0.25) is 0 Å². The van der Waals surface area contributed by atoms with Gasteiger partial charge in [0.1, 0.15) is 11.8 Å². The van der Waals surface area contributed by atoms with Gasteiger partial charge in [-0.1, -0.05) is 5.21 Å². The molecule has 0 aliphatic heterocycles. The summed E-state index contributed by atoms with van der Waals surface area (Å²) in [5.74, 6) is -3.90. The predicted molar refractivity (Wildman–Crippen MR) is 49.3 cm³/mol. The van der Waals surface area contributed by atoms with Crippen molar-refractivity contribution in [1.82, 2.24) is 15.0 Å². The first-order chi connectivity index (χ1) is 7.96. The van der Waals surface area contributed by atoms with Crippen LogP contribution >= 0.6 is 15.9 Å². The van der Waals surface area contributed by atoms with Crippen LogP contribution in [0, 0.1) is 5.92 Å². The third-order valence-corrected chi connectivity index (χ3v) is 2.69. The van der Waals surface area contributed by atoms with E-state index in [1.165, 1.54) is 0 Å². The molecule has 0 fully saturated rings. The molecule has 0 amide bonds. The van der Waals surface area contributed by atoms with E-state index < -0.39 is 30.1 Å². The molecule has 0 aromatic carbocycles. The van der Waals surface area contributed by atoms with Crippen molar-refractivity contribution in [2.24, 2.45) is 13.0 Å². The Kier molecular flexibility index (Phi) is 3.96. The molecule has 0 saturated carbocycles. The van der Waals surface area contributed by atoms with Gasteiger partial charge in [-0.3, -0.25) is 0 Å². The third kappa shape index (κ3) is 2.94. The fourth-order valence-electron chi connectivity index (χ4n) is 1.35. The maximum atomic E-state index is 12.4. The smallest absolute Gasteiger partial charge is 0.386 e. The maximum absolute atomic E-state index is 12.4. The molecule has 0 spiro atoms. The van der Waals surface area contributed by atoms with E-state index in [0.29, 0.717) is 4.68 Å². The van der Waals surface area contributed by atoms with Crippen LogP contribution in [0.4, 0.5) is 26.3 Å². The molecule has 0 bridgehead atoms. The number of hydrogen-bond acceptors (Lipinski definition) is 3. The predicted octanol–water partition coefficient (Wildman–Crippen LogP) is 2.35. The lowest BCUT2D eigenvalue weighted by Gasteiger charge is -2.27. The van der Waals surface area contributed by atoms with Gasteiger partial charge in [-0.05, 0) is 15.9 Å². The zero-order valence-electron chi connectivity index (χ0n) is 8.59. The summed E-state index contributed by atoms with van der Waals surface area (Å²) in [6.45, 7) is 0. The number of aromatic nitrogens is 3. The molecule has 0 aliphatic rings. The molecule has 0 aliphatic carbocycles. The number of halogens is 7. The summed E-state index contributed by atoms with van der Waals surface area (Å²) >= 11 is 2.63. The Morgan fingerprint density at radius 3 is 1.89 bits per heavy atom. The second kappa shape index (κ2) is 4.68. The molecule has 1 N–H and O–H groups in total. The highest BCUT2D eigenvalue weighted by molar-refractivity contribution is 9.10. The minimum Gasteiger partial charge on any atom is -0.386 e. The normalized spacial score (nSPS) is 15.2. The van der Waals surface area contributed by atoms with Crippen molar-refractivity contribution in [2.45, 2.75) is 18.5 Å². The van der Waals surface area contributed by atoms with E-state index in [0.717, 1.165) is 7.05 Å². The van der Waals surface area contributed by atoms with E-state index >= 15 is 0 Å². The lowest BCUT2D eigenvalue weighted by molar-refractivity contribution is -0.308. The van der Waals surface area contributed by atoms with Gasteiger partial charge in [0.2, 0.25) is 0 Å². The molecule has 18 heavy (non-hydrogen) atoms. The average molecular weight is 342 g/mol. The molecular formula is C7H6BrF6N3O. The third-order valence-electron chi connectivity index (χ3n) is 2.13. The lowest BCUT2D eigenvalue weighted by atomic mass is 9.99. The van der Waals surface area contributed by atoms with Crippen molar-refractivity contribution in [3.63, 3.8) is 0 Å². The highest BCUT2D eigenvalue weighted by atomic mass is 79.9. The summed E-state index contributed by atoms with van der Waals surface area (Å²) in [7, 11) is 1.07. The van der Waals surface area contributed by atoms with Crippen LogP contribution in [0.5, 0.6) is 0 Å². The minimum atomic E-state index is -5.64. The first-order valence-corrected chi connectivity index (χ1v) is 5.12. The first-order valence-electron chi connectivity index (χ1n) is 4.32. The number of alkyl halides is 6. The number of hydrogen-bond donors (Lipinski definition) is 1. The van der Waals surface area contributed by atoms with Crippen molar-refractivity contribution < 1.29 is 31.4 Å². The summed E-state index contributed by atoms with van der Waals surface area (Å²) in [6, 6.07) is 0. The van der Waals surface area contributed by atoms with Gasteiger partial charge in [0.05, 0.1) is 0 Å². The molecule has 1 unspecified atom stereocenters. The minimum absolute atomic E-state index is 0.379. The molecule has 1 aromatic rings. The van der Waals surface area contributed by atoms with Crippen molar-refractivity contribution in [1.29, 1.82) is 0 Å². The van der Waals surface area contributed by atoms with Gasteiger partial charge in [-0.25, -0.2) is 4.68 Å². The zero-order chi connectivity index (χ0) is 14.3. The Morgan fingerprint density at radius 1 is 1.17 bits per heavy atom. The van der Waals surface area contributed by atoms with Gasteiger partial charge in [0, 0.05) is 7.05 Å². The van der Waals surface area contributed by atoms with Crippen LogP contribution in [0.25, 0.3) is 0 Å². The molecular weight excluding hydrogens is 336 g/mol. The van der Waals surface area contributed by atoms with Crippen molar-refractivity contribution >= 4 is 15.9 Å². The summed E-state index contributed by atoms with van der Waals surface area (Å²) in [4.78, 5) is 0. The van der Waals surface area contributed by atoms with Crippen LogP contribution in [0.3, 0.4) is 0 Å². The second-order valence-electron chi connectivity index (χ2n) is 3.39. The molecule has 1 heterocycles. The lowest BCUT2D eigenvalue weighted by Crippen LogP contribution is -2.41. The monoisotopic (exact) mass is 341 g/mol. The van der Waals surface area contributed by atoms with Gasteiger partial charge in [0.15, 0.2) is 10.5 Å². The molecule has 104 valence electrons. The SMILES string of the molecule is Cn1nnc(Br)c1C(O)C(C(F)(F)F)C(F)(F)F. The van der Waals surface area contributed by atoms with Crippen LogP contribution in [0.15, 0.2) is 4.60 Å². The van der Waals surface area contributed by atoms with Gasteiger partial charge < -0.3 is 5.11 Å². The van der Waals surface area contributed by atoms with Crippen molar-refractivity contribution in [2.75, 3.05) is 0 Å². The Labute approximate surface area is 105 Å². The zero-order valence-corrected chi connectivity index (χ0v) is 10.2. The largest absolute Gasteiger partial charge is 0.403 e. The number of aliphatic hydroxyl groups excluding tert-OH is 1. The van der Waals surface area contributed by atoms with Crippen LogP contribution in [-0.2, 0) is 7.05 Å². The van der Waals surface area contributed by atoms with Crippen molar-refractivity contribution in [3.05, 3.63) is 10.3 Å². The fraction of sp³-hybridized carbons (Fsp3) is 0.714. The van der Waals surface area contributed by atoms with Crippen LogP contribution in [-0.4, -0.2) is 32.5 Å². The van der Waals surface area contributed by atoms with E-state index in [4.69, 9.17) is 0 Å². The Balaban J connectivity index is 3.24. The summed E-state index contributed by atoms with van der Waals surface area (Å²) in [5.41, 5.74) is -0.699. The van der Waals surface area contributed by atoms with E-state index in [1.54, 1.807) is 0 Å². The summed E-state index contributed by atoms with van der Waals surface area (Å²) in [5, 5.41) is 15.8. The number of aliphatic hydroxyl groups is 1. The van der Waals surface area contributed by atoms with Gasteiger partial charge in [0.25, 0.3) is 0 Å². The van der Waals surface area contributed by atoms with E-state index in [-0.39, 0.29) is 4.60 Å². The second-order valence-corrected chi connectivity index (χ2v) is 4.15. The summed E-state index contributed by atoms with van der Waals surface area (Å²) < 4.78 is 74.5. The molecule has 11 heteroatoms. The van der Waals surface area contributed by atoms with E-state index in [2.05, 4.69) is 26.2 Å². The van der Waals surface area contributed by atoms with Gasteiger partial charge in [-0.2, -0.15) is 26.3 Å². The molecule has 0 radical (unpaired) electrons. The Hall–Kier alpha value is -0.840. The van der Waals surface area contributed by atoms with E-state index in [9.17, 15) is 31.4 Å². The highest BCUT2D eigenvalue weighted by Crippen LogP contribution is 2.47. The average Bonchev–Trinajstić information content (AvgIpc) is 2.40. The Bertz CT molecular complexity index is 394. The van der Waals surface area contributed by atoms with Gasteiger partial charge in [-0.15, -0.1) is 5.10 Å². The van der Waals surface area contributed by atoms with Gasteiger partial charge >= 0.3 is 12.4 Å². The quantitative estimate of drug-likeness (QED) is 0.840. The fourth-order valence-corrected chi connectivity index (χ4v) is 1.92. The van der Waals surface area contributed by atoms with Crippen LogP contribution in [0.1, 0.15) is 11.8 Å². The maximum Gasteiger partial charge on any atom is 0.403 e.